The minimum absolute atomic E-state index is 0.0409. The lowest BCUT2D eigenvalue weighted by atomic mass is 10.3. The molecule has 0 aromatic heterocycles. The second-order valence-corrected chi connectivity index (χ2v) is 3.02. The van der Waals surface area contributed by atoms with Crippen molar-refractivity contribution < 1.29 is 16.8 Å². The van der Waals surface area contributed by atoms with Crippen molar-refractivity contribution >= 4 is 10.4 Å². The predicted molar refractivity (Wildman–Crippen MR) is 30.0 cm³/mol. The fourth-order valence-electron chi connectivity index (χ4n) is 0.576. The van der Waals surface area contributed by atoms with E-state index >= 15 is 0 Å². The zero-order valence-corrected chi connectivity index (χ0v) is 5.80. The highest BCUT2D eigenvalue weighted by Crippen LogP contribution is 2.14. The molecule has 1 fully saturated rings. The van der Waals surface area contributed by atoms with E-state index in [1.807, 2.05) is 0 Å². The van der Waals surface area contributed by atoms with Gasteiger partial charge in [-0.15, -0.1) is 0 Å². The van der Waals surface area contributed by atoms with Crippen molar-refractivity contribution in [1.82, 2.24) is 0 Å². The molecule has 1 aliphatic heterocycles. The molecule has 1 aliphatic rings. The van der Waals surface area contributed by atoms with Crippen LogP contribution in [0.3, 0.4) is 0 Å². The van der Waals surface area contributed by atoms with Gasteiger partial charge in [-0.2, -0.15) is 13.7 Å². The van der Waals surface area contributed by atoms with Crippen LogP contribution >= 0.6 is 0 Å². The van der Waals surface area contributed by atoms with E-state index in [1.54, 1.807) is 6.07 Å². The maximum absolute atomic E-state index is 10.4. The summed E-state index contributed by atoms with van der Waals surface area (Å²) in [5.41, 5.74) is 0. The van der Waals surface area contributed by atoms with Crippen LogP contribution in [-0.4, -0.2) is 21.1 Å². The Morgan fingerprint density at radius 2 is 2.40 bits per heavy atom. The van der Waals surface area contributed by atoms with Crippen LogP contribution in [-0.2, 0) is 18.8 Å². The summed E-state index contributed by atoms with van der Waals surface area (Å²) in [6.45, 7) is -0.0457. The van der Waals surface area contributed by atoms with Gasteiger partial charge in [-0.1, -0.05) is 0 Å². The summed E-state index contributed by atoms with van der Waals surface area (Å²) >= 11 is 0. The first-order valence-corrected chi connectivity index (χ1v) is 3.92. The van der Waals surface area contributed by atoms with Crippen LogP contribution in [0, 0.1) is 11.3 Å². The van der Waals surface area contributed by atoms with E-state index in [1.165, 1.54) is 0 Å². The third kappa shape index (κ3) is 1.67. The van der Waals surface area contributed by atoms with Crippen LogP contribution in [0.25, 0.3) is 0 Å². The Balaban J connectivity index is 2.54. The largest absolute Gasteiger partial charge is 0.400 e. The molecular formula is C4H5NO4S. The van der Waals surface area contributed by atoms with Crippen LogP contribution < -0.4 is 0 Å². The van der Waals surface area contributed by atoms with E-state index in [-0.39, 0.29) is 13.0 Å². The third-order valence-electron chi connectivity index (χ3n) is 0.971. The number of rotatable bonds is 1. The molecule has 0 radical (unpaired) electrons. The molecule has 1 unspecified atom stereocenters. The Bertz CT molecular complexity index is 251. The Labute approximate surface area is 58.5 Å². The quantitative estimate of drug-likeness (QED) is 0.523. The number of hydrogen-bond acceptors (Lipinski definition) is 5. The summed E-state index contributed by atoms with van der Waals surface area (Å²) in [6.07, 6.45) is -0.575. The van der Waals surface area contributed by atoms with Gasteiger partial charge in [-0.05, 0) is 0 Å². The van der Waals surface area contributed by atoms with Gasteiger partial charge in [0.05, 0.1) is 19.1 Å². The lowest BCUT2D eigenvalue weighted by molar-refractivity contribution is 0.241. The van der Waals surface area contributed by atoms with Crippen LogP contribution in [0.5, 0.6) is 0 Å². The molecule has 0 amide bonds. The normalized spacial score (nSPS) is 29.7. The molecular weight excluding hydrogens is 158 g/mol. The zero-order valence-electron chi connectivity index (χ0n) is 4.98. The van der Waals surface area contributed by atoms with Crippen LogP contribution in [0.15, 0.2) is 0 Å². The van der Waals surface area contributed by atoms with E-state index in [2.05, 4.69) is 8.37 Å². The highest BCUT2D eigenvalue weighted by molar-refractivity contribution is 7.82. The van der Waals surface area contributed by atoms with Crippen molar-refractivity contribution in [3.8, 4) is 6.07 Å². The molecule has 1 rings (SSSR count). The second kappa shape index (κ2) is 2.54. The van der Waals surface area contributed by atoms with E-state index in [0.717, 1.165) is 0 Å². The summed E-state index contributed by atoms with van der Waals surface area (Å²) in [7, 11) is -3.77. The van der Waals surface area contributed by atoms with Crippen molar-refractivity contribution in [2.45, 2.75) is 12.5 Å². The van der Waals surface area contributed by atoms with E-state index < -0.39 is 16.5 Å². The van der Waals surface area contributed by atoms with Gasteiger partial charge in [0.1, 0.15) is 6.10 Å². The summed E-state index contributed by atoms with van der Waals surface area (Å²) in [6, 6.07) is 1.78. The van der Waals surface area contributed by atoms with Crippen LogP contribution in [0.2, 0.25) is 0 Å². The van der Waals surface area contributed by atoms with Crippen LogP contribution in [0.1, 0.15) is 6.42 Å². The first kappa shape index (κ1) is 7.47. The number of nitriles is 1. The van der Waals surface area contributed by atoms with Gasteiger partial charge in [0.25, 0.3) is 0 Å². The monoisotopic (exact) mass is 163 g/mol. The molecule has 0 aliphatic carbocycles. The summed E-state index contributed by atoms with van der Waals surface area (Å²) in [5.74, 6) is 0. The molecule has 0 aromatic carbocycles. The Kier molecular flexibility index (Phi) is 1.89. The predicted octanol–water partition coefficient (Wildman–Crippen LogP) is -0.440. The van der Waals surface area contributed by atoms with E-state index in [9.17, 15) is 8.42 Å². The number of nitrogens with zero attached hydrogens (tertiary/aromatic N) is 1. The molecule has 1 heterocycles. The fourth-order valence-corrected chi connectivity index (χ4v) is 1.41. The van der Waals surface area contributed by atoms with Crippen molar-refractivity contribution in [3.63, 3.8) is 0 Å². The molecule has 0 aromatic rings. The third-order valence-corrected chi connectivity index (χ3v) is 1.90. The SMILES string of the molecule is N#CCC1COS(=O)(=O)O1. The van der Waals surface area contributed by atoms with Gasteiger partial charge in [0, 0.05) is 0 Å². The average Bonchev–Trinajstić information content (AvgIpc) is 2.12. The van der Waals surface area contributed by atoms with E-state index in [0.29, 0.717) is 0 Å². The van der Waals surface area contributed by atoms with Crippen molar-refractivity contribution in [2.75, 3.05) is 6.61 Å². The molecule has 0 N–H and O–H groups in total. The minimum Gasteiger partial charge on any atom is -0.245 e. The van der Waals surface area contributed by atoms with Gasteiger partial charge >= 0.3 is 10.4 Å². The average molecular weight is 163 g/mol. The molecule has 0 bridgehead atoms. The molecule has 5 nitrogen and oxygen atoms in total. The van der Waals surface area contributed by atoms with Gasteiger partial charge in [-0.3, -0.25) is 0 Å². The Morgan fingerprint density at radius 3 is 2.80 bits per heavy atom. The van der Waals surface area contributed by atoms with Gasteiger partial charge < -0.3 is 0 Å². The van der Waals surface area contributed by atoms with Crippen molar-refractivity contribution in [2.24, 2.45) is 0 Å². The molecule has 56 valence electrons. The van der Waals surface area contributed by atoms with Gasteiger partial charge in [0.2, 0.25) is 0 Å². The Hall–Kier alpha value is -0.640. The Morgan fingerprint density at radius 1 is 1.70 bits per heavy atom. The summed E-state index contributed by atoms with van der Waals surface area (Å²) in [5, 5.41) is 8.12. The molecule has 1 atom stereocenters. The molecule has 0 spiro atoms. The topological polar surface area (TPSA) is 76.4 Å². The lowest BCUT2D eigenvalue weighted by Gasteiger charge is -1.94. The van der Waals surface area contributed by atoms with Crippen molar-refractivity contribution in [1.29, 1.82) is 5.26 Å². The van der Waals surface area contributed by atoms with Gasteiger partial charge in [-0.25, -0.2) is 8.37 Å². The van der Waals surface area contributed by atoms with Crippen LogP contribution in [0.4, 0.5) is 0 Å². The molecule has 6 heteroatoms. The highest BCUT2D eigenvalue weighted by Gasteiger charge is 2.29. The zero-order chi connectivity index (χ0) is 7.61. The lowest BCUT2D eigenvalue weighted by Crippen LogP contribution is -2.08. The number of hydrogen-bond donors (Lipinski definition) is 0. The highest BCUT2D eigenvalue weighted by atomic mass is 32.3. The summed E-state index contributed by atoms with van der Waals surface area (Å²) < 4.78 is 29.2. The van der Waals surface area contributed by atoms with Gasteiger partial charge in [0.15, 0.2) is 0 Å². The minimum atomic E-state index is -3.77. The maximum Gasteiger partial charge on any atom is 0.400 e. The second-order valence-electron chi connectivity index (χ2n) is 1.77. The molecule has 1 saturated heterocycles. The van der Waals surface area contributed by atoms with E-state index in [4.69, 9.17) is 5.26 Å². The smallest absolute Gasteiger partial charge is 0.245 e. The molecule has 0 saturated carbocycles. The first-order chi connectivity index (χ1) is 4.64. The fraction of sp³-hybridized carbons (Fsp3) is 0.750. The van der Waals surface area contributed by atoms with Crippen molar-refractivity contribution in [3.05, 3.63) is 0 Å². The summed E-state index contributed by atoms with van der Waals surface area (Å²) in [4.78, 5) is 0. The molecule has 10 heavy (non-hydrogen) atoms. The first-order valence-electron chi connectivity index (χ1n) is 2.58. The standard InChI is InChI=1S/C4H5NO4S/c5-2-1-4-3-8-10(6,7)9-4/h4H,1,3H2. The maximum atomic E-state index is 10.4.